The summed E-state index contributed by atoms with van der Waals surface area (Å²) >= 11 is 0. The number of halogens is 2. The number of hydrogen-bond donors (Lipinski definition) is 1. The number of fused-ring (bicyclic) bond motifs is 1. The third-order valence-corrected chi connectivity index (χ3v) is 4.59. The Labute approximate surface area is 112 Å². The van der Waals surface area contributed by atoms with Gasteiger partial charge in [-0.25, -0.2) is 8.78 Å². The zero-order valence-electron chi connectivity index (χ0n) is 11.2. The average Bonchev–Trinajstić information content (AvgIpc) is 2.40. The molecule has 104 valence electrons. The van der Waals surface area contributed by atoms with Crippen molar-refractivity contribution in [1.29, 1.82) is 0 Å². The fraction of sp³-hybridized carbons (Fsp3) is 0.600. The largest absolute Gasteiger partial charge is 0.379 e. The zero-order chi connectivity index (χ0) is 13.6. The van der Waals surface area contributed by atoms with Gasteiger partial charge in [0.25, 0.3) is 0 Å². The van der Waals surface area contributed by atoms with Gasteiger partial charge < -0.3 is 10.1 Å². The molecule has 1 aromatic carbocycles. The van der Waals surface area contributed by atoms with Crippen LogP contribution in [0.15, 0.2) is 18.2 Å². The predicted molar refractivity (Wildman–Crippen MR) is 70.0 cm³/mol. The second-order valence-corrected chi connectivity index (χ2v) is 6.14. The first kappa shape index (κ1) is 12.9. The Kier molecular flexibility index (Phi) is 3.01. The van der Waals surface area contributed by atoms with Crippen molar-refractivity contribution in [3.05, 3.63) is 29.8 Å². The van der Waals surface area contributed by atoms with Crippen molar-refractivity contribution in [2.75, 3.05) is 11.9 Å². The molecule has 0 radical (unpaired) electrons. The second-order valence-electron chi connectivity index (χ2n) is 6.14. The summed E-state index contributed by atoms with van der Waals surface area (Å²) in [7, 11) is 0. The normalized spacial score (nSPS) is 32.3. The van der Waals surface area contributed by atoms with E-state index in [2.05, 4.69) is 19.2 Å². The van der Waals surface area contributed by atoms with Gasteiger partial charge in [-0.1, -0.05) is 19.9 Å². The summed E-state index contributed by atoms with van der Waals surface area (Å²) in [6, 6.07) is 4.39. The van der Waals surface area contributed by atoms with Gasteiger partial charge in [0.1, 0.15) is 0 Å². The van der Waals surface area contributed by atoms with E-state index in [0.29, 0.717) is 5.92 Å². The monoisotopic (exact) mass is 267 g/mol. The molecule has 1 saturated carbocycles. The van der Waals surface area contributed by atoms with Crippen LogP contribution in [0.5, 0.6) is 0 Å². The molecule has 0 aromatic heterocycles. The highest BCUT2D eigenvalue weighted by atomic mass is 19.2. The van der Waals surface area contributed by atoms with Crippen LogP contribution in [0.3, 0.4) is 0 Å². The summed E-state index contributed by atoms with van der Waals surface area (Å²) in [5.41, 5.74) is 0.200. The number of ether oxygens (including phenoxy) is 1. The lowest BCUT2D eigenvalue weighted by Crippen LogP contribution is -2.67. The molecule has 1 saturated heterocycles. The van der Waals surface area contributed by atoms with E-state index in [4.69, 9.17) is 4.74 Å². The van der Waals surface area contributed by atoms with Crippen LogP contribution in [0.1, 0.15) is 26.7 Å². The van der Waals surface area contributed by atoms with E-state index in [1.54, 1.807) is 6.07 Å². The van der Waals surface area contributed by atoms with Crippen molar-refractivity contribution in [3.8, 4) is 0 Å². The maximum Gasteiger partial charge on any atom is 0.181 e. The molecular weight excluding hydrogens is 248 g/mol. The Bertz CT molecular complexity index is 489. The number of hydrogen-bond acceptors (Lipinski definition) is 2. The molecule has 3 rings (SSSR count). The van der Waals surface area contributed by atoms with Gasteiger partial charge in [0.05, 0.1) is 11.8 Å². The van der Waals surface area contributed by atoms with Crippen LogP contribution < -0.4 is 5.32 Å². The summed E-state index contributed by atoms with van der Waals surface area (Å²) in [5.74, 6) is -1.21. The maximum absolute atomic E-state index is 13.7. The van der Waals surface area contributed by atoms with Crippen molar-refractivity contribution in [2.24, 2.45) is 11.3 Å². The number of rotatable bonds is 2. The van der Waals surface area contributed by atoms with E-state index >= 15 is 0 Å². The molecule has 1 aliphatic heterocycles. The lowest BCUT2D eigenvalue weighted by molar-refractivity contribution is -0.177. The first-order valence-electron chi connectivity index (χ1n) is 6.84. The van der Waals surface area contributed by atoms with Crippen molar-refractivity contribution in [3.63, 3.8) is 0 Å². The molecule has 1 aromatic rings. The third kappa shape index (κ3) is 1.93. The van der Waals surface area contributed by atoms with E-state index in [9.17, 15) is 8.78 Å². The van der Waals surface area contributed by atoms with Gasteiger partial charge >= 0.3 is 0 Å². The Hall–Kier alpha value is -1.16. The molecule has 4 heteroatoms. The highest BCUT2D eigenvalue weighted by Crippen LogP contribution is 2.52. The summed E-state index contributed by atoms with van der Waals surface area (Å²) in [5, 5.41) is 3.18. The lowest BCUT2D eigenvalue weighted by atomic mass is 9.55. The van der Waals surface area contributed by atoms with Gasteiger partial charge in [-0.05, 0) is 25.0 Å². The molecule has 1 heterocycles. The molecular formula is C15H19F2NO. The average molecular weight is 267 g/mol. The van der Waals surface area contributed by atoms with E-state index < -0.39 is 11.6 Å². The fourth-order valence-electron chi connectivity index (χ4n) is 3.60. The molecule has 0 spiro atoms. The number of anilines is 1. The van der Waals surface area contributed by atoms with Crippen LogP contribution in [-0.2, 0) is 4.74 Å². The molecule has 3 unspecified atom stereocenters. The van der Waals surface area contributed by atoms with Gasteiger partial charge in [0.2, 0.25) is 0 Å². The first-order chi connectivity index (χ1) is 9.01. The SMILES string of the molecule is CC1(C)C(Nc2cccc(F)c2F)C2CCCOC21. The van der Waals surface area contributed by atoms with E-state index in [1.807, 2.05) is 0 Å². The van der Waals surface area contributed by atoms with Crippen molar-refractivity contribution in [2.45, 2.75) is 38.8 Å². The molecule has 2 nitrogen and oxygen atoms in total. The minimum atomic E-state index is -0.807. The van der Waals surface area contributed by atoms with Crippen molar-refractivity contribution >= 4 is 5.69 Å². The topological polar surface area (TPSA) is 21.3 Å². The van der Waals surface area contributed by atoms with Gasteiger partial charge in [-0.3, -0.25) is 0 Å². The number of benzene rings is 1. The van der Waals surface area contributed by atoms with Gasteiger partial charge in [0, 0.05) is 24.0 Å². The van der Waals surface area contributed by atoms with Gasteiger partial charge in [0.15, 0.2) is 11.6 Å². The molecule has 1 N–H and O–H groups in total. The Morgan fingerprint density at radius 3 is 2.89 bits per heavy atom. The quantitative estimate of drug-likeness (QED) is 0.884. The van der Waals surface area contributed by atoms with Crippen LogP contribution in [0.4, 0.5) is 14.5 Å². The van der Waals surface area contributed by atoms with Crippen molar-refractivity contribution < 1.29 is 13.5 Å². The first-order valence-corrected chi connectivity index (χ1v) is 6.84. The van der Waals surface area contributed by atoms with Crippen LogP contribution in [0.25, 0.3) is 0 Å². The number of nitrogens with one attached hydrogen (secondary N) is 1. The standard InChI is InChI=1S/C15H19F2NO/c1-15(2)13(9-5-4-8-19-14(9)15)18-11-7-3-6-10(16)12(11)17/h3,6-7,9,13-14,18H,4-5,8H2,1-2H3. The Morgan fingerprint density at radius 1 is 1.32 bits per heavy atom. The minimum absolute atomic E-state index is 0.0517. The highest BCUT2D eigenvalue weighted by molar-refractivity contribution is 5.47. The van der Waals surface area contributed by atoms with Crippen LogP contribution in [0, 0.1) is 23.0 Å². The van der Waals surface area contributed by atoms with E-state index in [1.165, 1.54) is 6.07 Å². The molecule has 0 amide bonds. The molecule has 2 aliphatic rings. The fourth-order valence-corrected chi connectivity index (χ4v) is 3.60. The second kappa shape index (κ2) is 4.44. The summed E-state index contributed by atoms with van der Waals surface area (Å²) in [6.45, 7) is 5.05. The van der Waals surface area contributed by atoms with Crippen molar-refractivity contribution in [1.82, 2.24) is 0 Å². The maximum atomic E-state index is 13.7. The molecule has 3 atom stereocenters. The predicted octanol–water partition coefficient (Wildman–Crippen LogP) is 3.58. The minimum Gasteiger partial charge on any atom is -0.379 e. The smallest absolute Gasteiger partial charge is 0.181 e. The van der Waals surface area contributed by atoms with Crippen LogP contribution in [-0.4, -0.2) is 18.8 Å². The molecule has 19 heavy (non-hydrogen) atoms. The lowest BCUT2D eigenvalue weighted by Gasteiger charge is -2.60. The summed E-state index contributed by atoms with van der Waals surface area (Å²) in [6.07, 6.45) is 2.36. The Morgan fingerprint density at radius 2 is 2.11 bits per heavy atom. The molecule has 0 bridgehead atoms. The summed E-state index contributed by atoms with van der Waals surface area (Å²) < 4.78 is 32.8. The highest BCUT2D eigenvalue weighted by Gasteiger charge is 2.58. The zero-order valence-corrected chi connectivity index (χ0v) is 11.2. The van der Waals surface area contributed by atoms with E-state index in [-0.39, 0.29) is 23.2 Å². The Balaban J connectivity index is 1.81. The molecule has 2 fully saturated rings. The van der Waals surface area contributed by atoms with Crippen LogP contribution >= 0.6 is 0 Å². The van der Waals surface area contributed by atoms with Gasteiger partial charge in [-0.15, -0.1) is 0 Å². The van der Waals surface area contributed by atoms with Gasteiger partial charge in [-0.2, -0.15) is 0 Å². The summed E-state index contributed by atoms with van der Waals surface area (Å²) in [4.78, 5) is 0. The molecule has 1 aliphatic carbocycles. The van der Waals surface area contributed by atoms with E-state index in [0.717, 1.165) is 25.5 Å². The third-order valence-electron chi connectivity index (χ3n) is 4.59. The van der Waals surface area contributed by atoms with Crippen LogP contribution in [0.2, 0.25) is 0 Å².